The van der Waals surface area contributed by atoms with Crippen LogP contribution in [0.25, 0.3) is 0 Å². The standard InChI is InChI=1S/C10H14ClNOS/c11-8-2-1-3-10(6-8)14-7-9(13)4-5-12/h1-3,6,9,13H,4-5,7,12H2. The van der Waals surface area contributed by atoms with Crippen LogP contribution in [0.15, 0.2) is 29.2 Å². The van der Waals surface area contributed by atoms with E-state index < -0.39 is 0 Å². The predicted molar refractivity (Wildman–Crippen MR) is 61.9 cm³/mol. The third-order valence-corrected chi connectivity index (χ3v) is 3.11. The van der Waals surface area contributed by atoms with E-state index in [1.54, 1.807) is 11.8 Å². The van der Waals surface area contributed by atoms with Gasteiger partial charge >= 0.3 is 0 Å². The number of nitrogens with two attached hydrogens (primary N) is 1. The molecule has 0 bridgehead atoms. The van der Waals surface area contributed by atoms with E-state index in [4.69, 9.17) is 17.3 Å². The number of aliphatic hydroxyl groups excluding tert-OH is 1. The van der Waals surface area contributed by atoms with Crippen molar-refractivity contribution in [3.8, 4) is 0 Å². The normalized spacial score (nSPS) is 12.8. The van der Waals surface area contributed by atoms with E-state index >= 15 is 0 Å². The molecule has 1 atom stereocenters. The Labute approximate surface area is 93.5 Å². The molecule has 2 nitrogen and oxygen atoms in total. The summed E-state index contributed by atoms with van der Waals surface area (Å²) in [6.07, 6.45) is 0.317. The van der Waals surface area contributed by atoms with Crippen molar-refractivity contribution in [3.63, 3.8) is 0 Å². The number of thioether (sulfide) groups is 1. The molecule has 0 aliphatic heterocycles. The molecule has 14 heavy (non-hydrogen) atoms. The molecule has 0 amide bonds. The van der Waals surface area contributed by atoms with Gasteiger partial charge in [-0.25, -0.2) is 0 Å². The van der Waals surface area contributed by atoms with Gasteiger partial charge in [0.15, 0.2) is 0 Å². The number of benzene rings is 1. The lowest BCUT2D eigenvalue weighted by Gasteiger charge is -2.08. The zero-order valence-corrected chi connectivity index (χ0v) is 9.39. The summed E-state index contributed by atoms with van der Waals surface area (Å²) >= 11 is 7.42. The highest BCUT2D eigenvalue weighted by molar-refractivity contribution is 7.99. The van der Waals surface area contributed by atoms with E-state index in [1.165, 1.54) is 0 Å². The molecular weight excluding hydrogens is 218 g/mol. The Morgan fingerprint density at radius 2 is 2.29 bits per heavy atom. The lowest BCUT2D eigenvalue weighted by molar-refractivity contribution is 0.192. The first kappa shape index (κ1) is 11.9. The molecule has 0 spiro atoms. The summed E-state index contributed by atoms with van der Waals surface area (Å²) < 4.78 is 0. The van der Waals surface area contributed by atoms with E-state index in [0.29, 0.717) is 18.7 Å². The van der Waals surface area contributed by atoms with Gasteiger partial charge < -0.3 is 10.8 Å². The zero-order chi connectivity index (χ0) is 10.4. The third-order valence-electron chi connectivity index (χ3n) is 1.74. The minimum atomic E-state index is -0.330. The summed E-state index contributed by atoms with van der Waals surface area (Å²) in [5.74, 6) is 0.664. The van der Waals surface area contributed by atoms with Crippen LogP contribution in [0.1, 0.15) is 6.42 Å². The third kappa shape index (κ3) is 4.33. The second-order valence-corrected chi connectivity index (χ2v) is 4.53. The van der Waals surface area contributed by atoms with Crippen molar-refractivity contribution in [3.05, 3.63) is 29.3 Å². The smallest absolute Gasteiger partial charge is 0.0646 e. The maximum atomic E-state index is 9.45. The van der Waals surface area contributed by atoms with Gasteiger partial charge in [0, 0.05) is 15.7 Å². The molecular formula is C10H14ClNOS. The quantitative estimate of drug-likeness (QED) is 0.764. The average Bonchev–Trinajstić information content (AvgIpc) is 2.15. The van der Waals surface area contributed by atoms with Gasteiger partial charge in [0.1, 0.15) is 0 Å². The van der Waals surface area contributed by atoms with Gasteiger partial charge in [0.05, 0.1) is 6.10 Å². The Kier molecular flexibility index (Phi) is 5.33. The van der Waals surface area contributed by atoms with Gasteiger partial charge in [-0.1, -0.05) is 17.7 Å². The largest absolute Gasteiger partial charge is 0.392 e. The highest BCUT2D eigenvalue weighted by atomic mass is 35.5. The molecule has 0 aliphatic rings. The van der Waals surface area contributed by atoms with Crippen molar-refractivity contribution in [1.82, 2.24) is 0 Å². The highest BCUT2D eigenvalue weighted by Crippen LogP contribution is 2.22. The molecule has 0 fully saturated rings. The minimum absolute atomic E-state index is 0.330. The first-order valence-corrected chi connectivity index (χ1v) is 5.85. The van der Waals surface area contributed by atoms with Gasteiger partial charge in [0.2, 0.25) is 0 Å². The van der Waals surface area contributed by atoms with Crippen molar-refractivity contribution in [2.24, 2.45) is 5.73 Å². The van der Waals surface area contributed by atoms with Crippen LogP contribution < -0.4 is 5.73 Å². The second kappa shape index (κ2) is 6.30. The Bertz CT molecular complexity index is 283. The summed E-state index contributed by atoms with van der Waals surface area (Å²) in [4.78, 5) is 1.08. The molecule has 1 unspecified atom stereocenters. The van der Waals surface area contributed by atoms with E-state index in [1.807, 2.05) is 24.3 Å². The summed E-state index contributed by atoms with van der Waals surface area (Å²) in [5, 5.41) is 10.2. The van der Waals surface area contributed by atoms with Gasteiger partial charge in [-0.05, 0) is 31.2 Å². The van der Waals surface area contributed by atoms with Crippen LogP contribution >= 0.6 is 23.4 Å². The van der Waals surface area contributed by atoms with Gasteiger partial charge in [-0.2, -0.15) is 0 Å². The Balaban J connectivity index is 2.37. The zero-order valence-electron chi connectivity index (χ0n) is 7.82. The molecule has 1 rings (SSSR count). The fourth-order valence-electron chi connectivity index (χ4n) is 1.02. The topological polar surface area (TPSA) is 46.2 Å². The Morgan fingerprint density at radius 3 is 2.93 bits per heavy atom. The summed E-state index contributed by atoms with van der Waals surface area (Å²) in [5.41, 5.74) is 5.33. The summed E-state index contributed by atoms with van der Waals surface area (Å²) in [6.45, 7) is 0.525. The Hall–Kier alpha value is -0.220. The monoisotopic (exact) mass is 231 g/mol. The van der Waals surface area contributed by atoms with Crippen LogP contribution in [0.2, 0.25) is 5.02 Å². The molecule has 0 saturated heterocycles. The highest BCUT2D eigenvalue weighted by Gasteiger charge is 2.03. The molecule has 1 aromatic carbocycles. The number of aliphatic hydroxyl groups is 1. The lowest BCUT2D eigenvalue weighted by atomic mass is 10.3. The van der Waals surface area contributed by atoms with Crippen LogP contribution in [-0.2, 0) is 0 Å². The molecule has 0 aliphatic carbocycles. The van der Waals surface area contributed by atoms with Gasteiger partial charge in [-0.3, -0.25) is 0 Å². The number of hydrogen-bond donors (Lipinski definition) is 2. The number of halogens is 1. The van der Waals surface area contributed by atoms with E-state index in [0.717, 1.165) is 9.92 Å². The van der Waals surface area contributed by atoms with Crippen LogP contribution in [0.4, 0.5) is 0 Å². The van der Waals surface area contributed by atoms with Gasteiger partial charge in [0.25, 0.3) is 0 Å². The molecule has 0 heterocycles. The van der Waals surface area contributed by atoms with E-state index in [9.17, 15) is 5.11 Å². The van der Waals surface area contributed by atoms with Crippen molar-refractivity contribution < 1.29 is 5.11 Å². The van der Waals surface area contributed by atoms with Crippen molar-refractivity contribution in [2.45, 2.75) is 17.4 Å². The summed E-state index contributed by atoms with van der Waals surface area (Å²) in [7, 11) is 0. The first-order valence-electron chi connectivity index (χ1n) is 4.49. The Morgan fingerprint density at radius 1 is 1.50 bits per heavy atom. The number of rotatable bonds is 5. The summed E-state index contributed by atoms with van der Waals surface area (Å²) in [6, 6.07) is 7.61. The van der Waals surface area contributed by atoms with Gasteiger partial charge in [-0.15, -0.1) is 11.8 Å². The van der Waals surface area contributed by atoms with E-state index in [2.05, 4.69) is 0 Å². The molecule has 78 valence electrons. The average molecular weight is 232 g/mol. The maximum absolute atomic E-state index is 9.45. The molecule has 0 radical (unpaired) electrons. The molecule has 3 N–H and O–H groups in total. The second-order valence-electron chi connectivity index (χ2n) is 3.00. The molecule has 4 heteroatoms. The number of hydrogen-bond acceptors (Lipinski definition) is 3. The fraction of sp³-hybridized carbons (Fsp3) is 0.400. The van der Waals surface area contributed by atoms with Crippen LogP contribution in [0.3, 0.4) is 0 Å². The van der Waals surface area contributed by atoms with Crippen LogP contribution in [0, 0.1) is 0 Å². The van der Waals surface area contributed by atoms with Crippen molar-refractivity contribution >= 4 is 23.4 Å². The lowest BCUT2D eigenvalue weighted by Crippen LogP contribution is -2.15. The van der Waals surface area contributed by atoms with Crippen LogP contribution in [-0.4, -0.2) is 23.5 Å². The maximum Gasteiger partial charge on any atom is 0.0646 e. The fourth-order valence-corrected chi connectivity index (χ4v) is 2.22. The predicted octanol–water partition coefficient (Wildman–Crippen LogP) is 2.14. The first-order chi connectivity index (χ1) is 6.72. The van der Waals surface area contributed by atoms with E-state index in [-0.39, 0.29) is 6.10 Å². The SMILES string of the molecule is NCCC(O)CSc1cccc(Cl)c1. The molecule has 0 aromatic heterocycles. The minimum Gasteiger partial charge on any atom is -0.392 e. The van der Waals surface area contributed by atoms with Crippen molar-refractivity contribution in [2.75, 3.05) is 12.3 Å². The van der Waals surface area contributed by atoms with Crippen molar-refractivity contribution in [1.29, 1.82) is 0 Å². The molecule has 0 saturated carbocycles. The molecule has 1 aromatic rings. The van der Waals surface area contributed by atoms with Crippen LogP contribution in [0.5, 0.6) is 0 Å².